The van der Waals surface area contributed by atoms with Crippen LogP contribution in [0.25, 0.3) is 0 Å². The van der Waals surface area contributed by atoms with E-state index >= 15 is 0 Å². The summed E-state index contributed by atoms with van der Waals surface area (Å²) in [4.78, 5) is 12.3. The summed E-state index contributed by atoms with van der Waals surface area (Å²) in [5, 5.41) is 12.3. The molecule has 0 saturated heterocycles. The zero-order chi connectivity index (χ0) is 15.2. The first kappa shape index (κ1) is 15.3. The Bertz CT molecular complexity index is 575. The van der Waals surface area contributed by atoms with Gasteiger partial charge in [0.05, 0.1) is 25.2 Å². The fourth-order valence-corrected chi connectivity index (χ4v) is 2.16. The Morgan fingerprint density at radius 2 is 2.14 bits per heavy atom. The van der Waals surface area contributed by atoms with Crippen molar-refractivity contribution in [3.8, 4) is 0 Å². The van der Waals surface area contributed by atoms with E-state index in [4.69, 9.17) is 4.42 Å². The number of aliphatic hydroxyl groups is 1. The lowest BCUT2D eigenvalue weighted by Crippen LogP contribution is -2.39. The molecule has 0 fully saturated rings. The monoisotopic (exact) mass is 287 g/mol. The van der Waals surface area contributed by atoms with E-state index in [1.807, 2.05) is 24.3 Å². The number of rotatable bonds is 6. The highest BCUT2D eigenvalue weighted by molar-refractivity contribution is 5.94. The Hall–Kier alpha value is -2.07. The first-order valence-corrected chi connectivity index (χ1v) is 7.13. The van der Waals surface area contributed by atoms with Crippen LogP contribution in [0.4, 0.5) is 0 Å². The number of carbonyl (C=O) groups is 1. The van der Waals surface area contributed by atoms with Crippen LogP contribution in [0, 0.1) is 0 Å². The Morgan fingerprint density at radius 1 is 1.33 bits per heavy atom. The van der Waals surface area contributed by atoms with Crippen molar-refractivity contribution >= 4 is 5.91 Å². The van der Waals surface area contributed by atoms with Crippen LogP contribution in [0.1, 0.15) is 41.3 Å². The highest BCUT2D eigenvalue weighted by Gasteiger charge is 2.15. The van der Waals surface area contributed by atoms with Gasteiger partial charge in [-0.1, -0.05) is 26.0 Å². The van der Waals surface area contributed by atoms with Crippen molar-refractivity contribution in [2.75, 3.05) is 6.61 Å². The maximum Gasteiger partial charge on any atom is 0.251 e. The molecule has 0 saturated carbocycles. The molecule has 112 valence electrons. The topological polar surface area (TPSA) is 62.5 Å². The van der Waals surface area contributed by atoms with Crippen LogP contribution in [0.2, 0.25) is 0 Å². The summed E-state index contributed by atoms with van der Waals surface area (Å²) in [6, 6.07) is 9.08. The van der Waals surface area contributed by atoms with Gasteiger partial charge in [0.15, 0.2) is 0 Å². The minimum atomic E-state index is -0.321. The lowest BCUT2D eigenvalue weighted by atomic mass is 10.0. The number of nitrogens with one attached hydrogen (secondary N) is 1. The van der Waals surface area contributed by atoms with Gasteiger partial charge in [-0.3, -0.25) is 4.79 Å². The van der Waals surface area contributed by atoms with E-state index < -0.39 is 0 Å². The molecule has 1 aromatic carbocycles. The summed E-state index contributed by atoms with van der Waals surface area (Å²) < 4.78 is 5.00. The van der Waals surface area contributed by atoms with Crippen molar-refractivity contribution < 1.29 is 14.3 Å². The maximum absolute atomic E-state index is 12.3. The normalized spacial score (nSPS) is 12.4. The molecule has 21 heavy (non-hydrogen) atoms. The van der Waals surface area contributed by atoms with Crippen LogP contribution in [-0.2, 0) is 6.42 Å². The van der Waals surface area contributed by atoms with Gasteiger partial charge in [-0.2, -0.15) is 0 Å². The zero-order valence-corrected chi connectivity index (χ0v) is 12.4. The second kappa shape index (κ2) is 7.09. The molecule has 0 aliphatic carbocycles. The fourth-order valence-electron chi connectivity index (χ4n) is 2.16. The van der Waals surface area contributed by atoms with E-state index in [-0.39, 0.29) is 18.6 Å². The third-order valence-electron chi connectivity index (χ3n) is 3.43. The second-order valence-electron chi connectivity index (χ2n) is 5.47. The molecule has 4 nitrogen and oxygen atoms in total. The second-order valence-corrected chi connectivity index (χ2v) is 5.47. The predicted octanol–water partition coefficient (Wildman–Crippen LogP) is 2.74. The van der Waals surface area contributed by atoms with Crippen LogP contribution >= 0.6 is 0 Å². The van der Waals surface area contributed by atoms with Crippen molar-refractivity contribution in [2.45, 2.75) is 32.2 Å². The molecular formula is C17H21NO3. The Kier molecular flexibility index (Phi) is 5.17. The average Bonchev–Trinajstić information content (AvgIpc) is 2.99. The van der Waals surface area contributed by atoms with Gasteiger partial charge in [0, 0.05) is 5.56 Å². The Labute approximate surface area is 124 Å². The smallest absolute Gasteiger partial charge is 0.251 e. The van der Waals surface area contributed by atoms with Gasteiger partial charge in [-0.15, -0.1) is 0 Å². The molecule has 0 aliphatic heterocycles. The van der Waals surface area contributed by atoms with E-state index in [0.717, 1.165) is 11.1 Å². The zero-order valence-electron chi connectivity index (χ0n) is 12.4. The minimum absolute atomic E-state index is 0.110. The number of aliphatic hydroxyl groups excluding tert-OH is 1. The molecule has 1 heterocycles. The summed E-state index contributed by atoms with van der Waals surface area (Å²) in [5.41, 5.74) is 2.69. The number of carbonyl (C=O) groups excluding carboxylic acids is 1. The van der Waals surface area contributed by atoms with Gasteiger partial charge in [-0.25, -0.2) is 0 Å². The number of amides is 1. The first-order valence-electron chi connectivity index (χ1n) is 7.13. The summed E-state index contributed by atoms with van der Waals surface area (Å²) >= 11 is 0. The number of furan rings is 1. The summed E-state index contributed by atoms with van der Waals surface area (Å²) in [6.07, 6.45) is 3.74. The van der Waals surface area contributed by atoms with E-state index in [9.17, 15) is 9.90 Å². The molecule has 1 aromatic heterocycles. The molecular weight excluding hydrogens is 266 g/mol. The summed E-state index contributed by atoms with van der Waals surface area (Å²) in [6.45, 7) is 4.07. The van der Waals surface area contributed by atoms with Crippen molar-refractivity contribution in [3.63, 3.8) is 0 Å². The van der Waals surface area contributed by atoms with Gasteiger partial charge in [0.25, 0.3) is 5.91 Å². The van der Waals surface area contributed by atoms with Gasteiger partial charge in [0.1, 0.15) is 0 Å². The molecule has 2 aromatic rings. The number of hydrogen-bond acceptors (Lipinski definition) is 3. The van der Waals surface area contributed by atoms with Crippen LogP contribution < -0.4 is 5.32 Å². The minimum Gasteiger partial charge on any atom is -0.472 e. The number of hydrogen-bond donors (Lipinski definition) is 2. The molecule has 2 N–H and O–H groups in total. The standard InChI is InChI=1S/C17H21NO3/c1-12(2)14-4-3-5-15(9-14)17(20)18-16(10-19)8-13-6-7-21-11-13/h3-7,9,11-12,16,19H,8,10H2,1-2H3,(H,18,20). The quantitative estimate of drug-likeness (QED) is 0.858. The first-order chi connectivity index (χ1) is 10.1. The van der Waals surface area contributed by atoms with Crippen LogP contribution in [0.15, 0.2) is 47.3 Å². The summed E-state index contributed by atoms with van der Waals surface area (Å²) in [7, 11) is 0. The van der Waals surface area contributed by atoms with Gasteiger partial charge < -0.3 is 14.8 Å². The van der Waals surface area contributed by atoms with Crippen LogP contribution in [-0.4, -0.2) is 23.7 Å². The molecule has 1 amide bonds. The van der Waals surface area contributed by atoms with Crippen molar-refractivity contribution in [1.29, 1.82) is 0 Å². The van der Waals surface area contributed by atoms with Gasteiger partial charge in [-0.05, 0) is 41.7 Å². The maximum atomic E-state index is 12.3. The van der Waals surface area contributed by atoms with E-state index in [0.29, 0.717) is 17.9 Å². The third kappa shape index (κ3) is 4.20. The van der Waals surface area contributed by atoms with E-state index in [1.54, 1.807) is 18.6 Å². The molecule has 0 aliphatic rings. The van der Waals surface area contributed by atoms with E-state index in [1.165, 1.54) is 0 Å². The van der Waals surface area contributed by atoms with Crippen LogP contribution in [0.3, 0.4) is 0 Å². The molecule has 1 atom stereocenters. The molecule has 0 bridgehead atoms. The molecule has 0 spiro atoms. The molecule has 2 rings (SSSR count). The van der Waals surface area contributed by atoms with Crippen molar-refractivity contribution in [2.24, 2.45) is 0 Å². The summed E-state index contributed by atoms with van der Waals surface area (Å²) in [5.74, 6) is 0.206. The fraction of sp³-hybridized carbons (Fsp3) is 0.353. The number of benzene rings is 1. The highest BCUT2D eigenvalue weighted by Crippen LogP contribution is 2.15. The van der Waals surface area contributed by atoms with E-state index in [2.05, 4.69) is 19.2 Å². The molecule has 1 unspecified atom stereocenters. The Balaban J connectivity index is 2.03. The van der Waals surface area contributed by atoms with Gasteiger partial charge in [0.2, 0.25) is 0 Å². The molecule has 0 radical (unpaired) electrons. The predicted molar refractivity (Wildman–Crippen MR) is 81.3 cm³/mol. The highest BCUT2D eigenvalue weighted by atomic mass is 16.3. The van der Waals surface area contributed by atoms with Crippen molar-refractivity contribution in [3.05, 3.63) is 59.5 Å². The van der Waals surface area contributed by atoms with Crippen molar-refractivity contribution in [1.82, 2.24) is 5.32 Å². The largest absolute Gasteiger partial charge is 0.472 e. The SMILES string of the molecule is CC(C)c1cccc(C(=O)NC(CO)Cc2ccoc2)c1. The average molecular weight is 287 g/mol. The lowest BCUT2D eigenvalue weighted by molar-refractivity contribution is 0.0916. The lowest BCUT2D eigenvalue weighted by Gasteiger charge is -2.16. The third-order valence-corrected chi connectivity index (χ3v) is 3.43. The molecule has 4 heteroatoms. The Morgan fingerprint density at radius 3 is 2.76 bits per heavy atom. The van der Waals surface area contributed by atoms with Crippen LogP contribution in [0.5, 0.6) is 0 Å². The van der Waals surface area contributed by atoms with Gasteiger partial charge >= 0.3 is 0 Å².